The summed E-state index contributed by atoms with van der Waals surface area (Å²) in [6.45, 7) is 5.91. The maximum Gasteiger partial charge on any atom is 0.490 e. The number of nitrogens with zero attached hydrogens (tertiary/aromatic N) is 3. The monoisotopic (exact) mass is 515 g/mol. The number of aromatic nitrogens is 1. The third-order valence-corrected chi connectivity index (χ3v) is 6.46. The number of hydrogen-bond acceptors (Lipinski definition) is 5. The predicted molar refractivity (Wildman–Crippen MR) is 133 cm³/mol. The molecule has 196 valence electrons. The number of morpholine rings is 1. The number of hydrogen-bond donors (Lipinski definition) is 1. The van der Waals surface area contributed by atoms with Crippen LogP contribution >= 0.6 is 0 Å². The first kappa shape index (κ1) is 26.4. The highest BCUT2D eigenvalue weighted by atomic mass is 19.4. The first-order chi connectivity index (χ1) is 17.7. The number of benzene rings is 2. The lowest BCUT2D eigenvalue weighted by atomic mass is 10.1. The molecular formula is C27H28F3N3O4. The molecule has 3 heterocycles. The number of alkyl halides is 3. The maximum atomic E-state index is 13.3. The minimum atomic E-state index is -5.08. The van der Waals surface area contributed by atoms with Crippen LogP contribution in [0.2, 0.25) is 0 Å². The Morgan fingerprint density at radius 3 is 2.62 bits per heavy atom. The van der Waals surface area contributed by atoms with Gasteiger partial charge in [-0.1, -0.05) is 43.3 Å². The molecule has 1 aromatic heterocycles. The summed E-state index contributed by atoms with van der Waals surface area (Å²) in [6.07, 6.45) is -3.10. The highest BCUT2D eigenvalue weighted by molar-refractivity contribution is 6.03. The van der Waals surface area contributed by atoms with Crippen LogP contribution in [0.1, 0.15) is 35.0 Å². The average molecular weight is 516 g/mol. The van der Waals surface area contributed by atoms with Gasteiger partial charge in [0.05, 0.1) is 29.5 Å². The summed E-state index contributed by atoms with van der Waals surface area (Å²) in [5.41, 5.74) is 5.09. The Kier molecular flexibility index (Phi) is 7.97. The van der Waals surface area contributed by atoms with Gasteiger partial charge in [-0.3, -0.25) is 9.78 Å². The van der Waals surface area contributed by atoms with E-state index in [9.17, 15) is 18.0 Å². The number of para-hydroxylation sites is 1. The highest BCUT2D eigenvalue weighted by Gasteiger charge is 2.38. The Morgan fingerprint density at radius 2 is 1.89 bits per heavy atom. The summed E-state index contributed by atoms with van der Waals surface area (Å²) < 4.78 is 37.6. The van der Waals surface area contributed by atoms with Crippen LogP contribution in [0.5, 0.6) is 0 Å². The molecule has 1 unspecified atom stereocenters. The molecule has 1 atom stereocenters. The van der Waals surface area contributed by atoms with Crippen LogP contribution in [-0.4, -0.2) is 65.4 Å². The third-order valence-electron chi connectivity index (χ3n) is 6.46. The number of aliphatic carboxylic acids is 1. The van der Waals surface area contributed by atoms with E-state index >= 15 is 0 Å². The van der Waals surface area contributed by atoms with Crippen LogP contribution in [0, 0.1) is 0 Å². The topological polar surface area (TPSA) is 83.0 Å². The fourth-order valence-corrected chi connectivity index (χ4v) is 4.53. The number of carboxylic acids is 1. The molecule has 3 aromatic rings. The molecule has 1 N–H and O–H groups in total. The fourth-order valence-electron chi connectivity index (χ4n) is 4.53. The second-order valence-electron chi connectivity index (χ2n) is 8.93. The van der Waals surface area contributed by atoms with Crippen LogP contribution in [0.4, 0.5) is 18.9 Å². The number of halogens is 3. The summed E-state index contributed by atoms with van der Waals surface area (Å²) in [4.78, 5) is 31.2. The number of carboxylic acid groups (broad SMARTS) is 1. The molecule has 1 saturated heterocycles. The number of anilines is 1. The van der Waals surface area contributed by atoms with Crippen molar-refractivity contribution in [2.45, 2.75) is 38.6 Å². The van der Waals surface area contributed by atoms with E-state index in [1.165, 1.54) is 0 Å². The van der Waals surface area contributed by atoms with Gasteiger partial charge in [-0.05, 0) is 30.2 Å². The van der Waals surface area contributed by atoms with Crippen LogP contribution in [0.25, 0.3) is 10.9 Å². The van der Waals surface area contributed by atoms with Crippen molar-refractivity contribution in [1.82, 2.24) is 9.88 Å². The molecule has 2 aliphatic rings. The van der Waals surface area contributed by atoms with Gasteiger partial charge in [-0.25, -0.2) is 4.79 Å². The van der Waals surface area contributed by atoms with Gasteiger partial charge in [0.2, 0.25) is 0 Å². The first-order valence-corrected chi connectivity index (χ1v) is 12.1. The van der Waals surface area contributed by atoms with E-state index in [1.807, 2.05) is 23.1 Å². The van der Waals surface area contributed by atoms with Gasteiger partial charge in [0.15, 0.2) is 0 Å². The largest absolute Gasteiger partial charge is 0.490 e. The number of carbonyl (C=O) groups excluding carboxylic acids is 1. The molecule has 2 aliphatic heterocycles. The van der Waals surface area contributed by atoms with Gasteiger partial charge in [0, 0.05) is 43.7 Å². The van der Waals surface area contributed by atoms with E-state index in [4.69, 9.17) is 19.6 Å². The van der Waals surface area contributed by atoms with Crippen molar-refractivity contribution in [1.29, 1.82) is 0 Å². The Balaban J connectivity index is 0.000000405. The van der Waals surface area contributed by atoms with E-state index in [1.54, 1.807) is 0 Å². The summed E-state index contributed by atoms with van der Waals surface area (Å²) in [6, 6.07) is 18.6. The summed E-state index contributed by atoms with van der Waals surface area (Å²) >= 11 is 0. The minimum absolute atomic E-state index is 0.140. The second kappa shape index (κ2) is 11.2. The SMILES string of the molecule is CCC1CN(c2cccc3c2C(=O)N(CCc2ccc4ccccc4n2)C3)CCO1.O=C(O)C(F)(F)F. The highest BCUT2D eigenvalue weighted by Crippen LogP contribution is 2.33. The van der Waals surface area contributed by atoms with Crippen LogP contribution < -0.4 is 4.90 Å². The maximum absolute atomic E-state index is 13.3. The second-order valence-corrected chi connectivity index (χ2v) is 8.93. The molecule has 0 bridgehead atoms. The molecule has 5 rings (SSSR count). The van der Waals surface area contributed by atoms with Crippen molar-refractivity contribution < 1.29 is 32.6 Å². The lowest BCUT2D eigenvalue weighted by Gasteiger charge is -2.35. The predicted octanol–water partition coefficient (Wildman–Crippen LogP) is 4.68. The summed E-state index contributed by atoms with van der Waals surface area (Å²) in [5.74, 6) is -2.62. The van der Waals surface area contributed by atoms with Gasteiger partial charge in [0.25, 0.3) is 5.91 Å². The van der Waals surface area contributed by atoms with E-state index in [0.29, 0.717) is 19.7 Å². The smallest absolute Gasteiger partial charge is 0.475 e. The molecule has 0 aliphatic carbocycles. The zero-order valence-electron chi connectivity index (χ0n) is 20.4. The number of fused-ring (bicyclic) bond motifs is 2. The number of amides is 1. The van der Waals surface area contributed by atoms with Gasteiger partial charge in [-0.2, -0.15) is 13.2 Å². The average Bonchev–Trinajstić information content (AvgIpc) is 3.22. The van der Waals surface area contributed by atoms with Crippen LogP contribution in [-0.2, 0) is 22.5 Å². The Bertz CT molecular complexity index is 1280. The molecule has 2 aromatic carbocycles. The zero-order valence-corrected chi connectivity index (χ0v) is 20.4. The van der Waals surface area contributed by atoms with Crippen LogP contribution in [0.15, 0.2) is 54.6 Å². The van der Waals surface area contributed by atoms with E-state index in [0.717, 1.165) is 59.3 Å². The quantitative estimate of drug-likeness (QED) is 0.531. The zero-order chi connectivity index (χ0) is 26.6. The molecule has 37 heavy (non-hydrogen) atoms. The number of carbonyl (C=O) groups is 2. The van der Waals surface area contributed by atoms with Crippen molar-refractivity contribution in [3.63, 3.8) is 0 Å². The third kappa shape index (κ3) is 6.19. The van der Waals surface area contributed by atoms with Gasteiger partial charge in [-0.15, -0.1) is 0 Å². The molecule has 0 spiro atoms. The van der Waals surface area contributed by atoms with Gasteiger partial charge in [0.1, 0.15) is 0 Å². The molecular weight excluding hydrogens is 487 g/mol. The first-order valence-electron chi connectivity index (χ1n) is 12.1. The van der Waals surface area contributed by atoms with Crippen molar-refractivity contribution in [3.05, 3.63) is 71.4 Å². The minimum Gasteiger partial charge on any atom is -0.475 e. The molecule has 1 amide bonds. The Morgan fingerprint density at radius 1 is 1.14 bits per heavy atom. The van der Waals surface area contributed by atoms with Crippen molar-refractivity contribution in [2.24, 2.45) is 0 Å². The number of pyridine rings is 1. The van der Waals surface area contributed by atoms with Crippen molar-refractivity contribution >= 4 is 28.5 Å². The van der Waals surface area contributed by atoms with Gasteiger partial charge < -0.3 is 19.6 Å². The Hall–Kier alpha value is -3.66. The fraction of sp³-hybridized carbons (Fsp3) is 0.370. The normalized spacial score (nSPS) is 17.4. The molecule has 0 saturated carbocycles. The number of ether oxygens (including phenoxy) is 1. The molecule has 10 heteroatoms. The number of rotatable bonds is 5. The van der Waals surface area contributed by atoms with E-state index in [-0.39, 0.29) is 12.0 Å². The van der Waals surface area contributed by atoms with E-state index < -0.39 is 12.1 Å². The lowest BCUT2D eigenvalue weighted by Crippen LogP contribution is -2.43. The van der Waals surface area contributed by atoms with Crippen LogP contribution in [0.3, 0.4) is 0 Å². The van der Waals surface area contributed by atoms with Gasteiger partial charge >= 0.3 is 12.1 Å². The van der Waals surface area contributed by atoms with Crippen molar-refractivity contribution in [2.75, 3.05) is 31.1 Å². The Labute approximate surface area is 212 Å². The lowest BCUT2D eigenvalue weighted by molar-refractivity contribution is -0.192. The standard InChI is InChI=1S/C25H27N3O2.C2HF3O2/c1-2-21-17-27(14-15-30-21)23-9-5-7-19-16-28(25(29)24(19)23)13-12-20-11-10-18-6-3-4-8-22(18)26-20;3-2(4,5)1(6)7/h3-11,21H,2,12-17H2,1H3;(H,6,7). The summed E-state index contributed by atoms with van der Waals surface area (Å²) in [5, 5.41) is 8.27. The van der Waals surface area contributed by atoms with E-state index in [2.05, 4.69) is 48.2 Å². The molecule has 0 radical (unpaired) electrons. The molecule has 1 fully saturated rings. The van der Waals surface area contributed by atoms with Crippen molar-refractivity contribution in [3.8, 4) is 0 Å². The molecule has 7 nitrogen and oxygen atoms in total. The summed E-state index contributed by atoms with van der Waals surface area (Å²) in [7, 11) is 0.